The molecule has 3 saturated carbocycles. The van der Waals surface area contributed by atoms with Gasteiger partial charge in [-0.1, -0.05) is 34.6 Å². The number of hydrogen-bond donors (Lipinski definition) is 0. The average Bonchev–Trinajstić information content (AvgIpc) is 2.94. The average molecular weight is 457 g/mol. The van der Waals surface area contributed by atoms with Crippen LogP contribution in [0, 0.1) is 17.3 Å². The number of ketones is 1. The van der Waals surface area contributed by atoms with E-state index in [1.807, 2.05) is 0 Å². The first-order valence-electron chi connectivity index (χ1n) is 11.7. The molecule has 0 aromatic carbocycles. The van der Waals surface area contributed by atoms with Crippen molar-refractivity contribution in [3.63, 3.8) is 0 Å². The van der Waals surface area contributed by atoms with Gasteiger partial charge in [0.15, 0.2) is 8.32 Å². The summed E-state index contributed by atoms with van der Waals surface area (Å²) in [6.45, 7) is 19.8. The summed E-state index contributed by atoms with van der Waals surface area (Å²) in [6.07, 6.45) is 4.29. The largest absolute Gasteiger partial charge is 0.476 e. The summed E-state index contributed by atoms with van der Waals surface area (Å²) in [6, 6.07) is 0. The van der Waals surface area contributed by atoms with Gasteiger partial charge in [0.05, 0.1) is 23.1 Å². The summed E-state index contributed by atoms with van der Waals surface area (Å²) in [5.41, 5.74) is 0.0986. The molecule has 4 aliphatic rings. The maximum Gasteiger partial charge on any atom is 0.476 e. The zero-order valence-electron chi connectivity index (χ0n) is 20.5. The standard InChI is InChI=1S/C23H42BClO4Si/c1-15(26)12-17(28-30(8,9)21(2,3)4)10-11-20(25)24-27-19-14-16-13-18(22(16,5)6)23(19,7)29-24/h16-20H,10-14H2,1-9H3/t16-,17-,18-,19+,20+,23-/m0/s1. The van der Waals surface area contributed by atoms with Gasteiger partial charge in [-0.3, -0.25) is 4.79 Å². The molecule has 7 heteroatoms. The van der Waals surface area contributed by atoms with E-state index in [1.54, 1.807) is 6.92 Å². The van der Waals surface area contributed by atoms with Crippen molar-refractivity contribution in [3.05, 3.63) is 0 Å². The minimum atomic E-state index is -1.95. The Bertz CT molecular complexity index is 664. The maximum absolute atomic E-state index is 11.9. The normalized spacial score (nSPS) is 34.9. The fraction of sp³-hybridized carbons (Fsp3) is 0.957. The van der Waals surface area contributed by atoms with E-state index < -0.39 is 8.32 Å². The number of rotatable bonds is 8. The lowest BCUT2D eigenvalue weighted by atomic mass is 9.43. The molecule has 4 nitrogen and oxygen atoms in total. The maximum atomic E-state index is 11.9. The van der Waals surface area contributed by atoms with Crippen molar-refractivity contribution in [3.8, 4) is 0 Å². The summed E-state index contributed by atoms with van der Waals surface area (Å²) < 4.78 is 19.4. The van der Waals surface area contributed by atoms with Crippen LogP contribution in [0.15, 0.2) is 0 Å². The van der Waals surface area contributed by atoms with E-state index in [4.69, 9.17) is 25.3 Å². The summed E-state index contributed by atoms with van der Waals surface area (Å²) in [5.74, 6) is 1.43. The Labute approximate surface area is 190 Å². The lowest BCUT2D eigenvalue weighted by molar-refractivity contribution is -0.199. The Morgan fingerprint density at radius 3 is 2.40 bits per heavy atom. The van der Waals surface area contributed by atoms with Crippen molar-refractivity contribution in [1.29, 1.82) is 0 Å². The Morgan fingerprint density at radius 1 is 1.23 bits per heavy atom. The third kappa shape index (κ3) is 4.46. The van der Waals surface area contributed by atoms with Gasteiger partial charge in [0.2, 0.25) is 0 Å². The van der Waals surface area contributed by atoms with Crippen LogP contribution < -0.4 is 0 Å². The highest BCUT2D eigenvalue weighted by molar-refractivity contribution is 6.74. The van der Waals surface area contributed by atoms with Crippen molar-refractivity contribution in [2.75, 3.05) is 0 Å². The molecule has 0 aromatic rings. The van der Waals surface area contributed by atoms with E-state index in [-0.39, 0.29) is 41.0 Å². The smallest absolute Gasteiger partial charge is 0.413 e. The molecule has 0 spiro atoms. The van der Waals surface area contributed by atoms with Gasteiger partial charge in [-0.25, -0.2) is 0 Å². The van der Waals surface area contributed by atoms with Crippen LogP contribution in [-0.2, 0) is 18.5 Å². The number of hydrogen-bond acceptors (Lipinski definition) is 4. The molecule has 1 heterocycles. The molecule has 0 radical (unpaired) electrons. The van der Waals surface area contributed by atoms with Gasteiger partial charge in [-0.05, 0) is 74.9 Å². The van der Waals surface area contributed by atoms with Crippen LogP contribution in [-0.4, -0.2) is 44.3 Å². The molecule has 0 N–H and O–H groups in total. The van der Waals surface area contributed by atoms with Crippen molar-refractivity contribution < 1.29 is 18.5 Å². The summed E-state index contributed by atoms with van der Waals surface area (Å²) in [5, 5.41) is -0.122. The topological polar surface area (TPSA) is 44.8 Å². The predicted octanol–water partition coefficient (Wildman–Crippen LogP) is 6.01. The Kier molecular flexibility index (Phi) is 6.74. The zero-order chi connectivity index (χ0) is 22.7. The lowest BCUT2D eigenvalue weighted by Gasteiger charge is -2.64. The second kappa shape index (κ2) is 8.16. The molecule has 4 fully saturated rings. The number of halogens is 1. The number of carbonyl (C=O) groups excluding carboxylic acids is 1. The van der Waals surface area contributed by atoms with E-state index in [2.05, 4.69) is 54.6 Å². The van der Waals surface area contributed by atoms with Crippen molar-refractivity contribution in [1.82, 2.24) is 0 Å². The molecular formula is C23H42BClO4Si. The van der Waals surface area contributed by atoms with Gasteiger partial charge >= 0.3 is 7.12 Å². The second-order valence-electron chi connectivity index (χ2n) is 12.3. The molecule has 172 valence electrons. The molecule has 0 aromatic heterocycles. The highest BCUT2D eigenvalue weighted by atomic mass is 35.5. The summed E-state index contributed by atoms with van der Waals surface area (Å²) in [7, 11) is -2.33. The van der Waals surface area contributed by atoms with Crippen LogP contribution >= 0.6 is 11.6 Å². The molecule has 1 saturated heterocycles. The van der Waals surface area contributed by atoms with Crippen LogP contribution in [0.2, 0.25) is 18.1 Å². The molecule has 2 bridgehead atoms. The summed E-state index contributed by atoms with van der Waals surface area (Å²) in [4.78, 5) is 11.9. The second-order valence-corrected chi connectivity index (χ2v) is 17.7. The van der Waals surface area contributed by atoms with Gasteiger partial charge in [-0.15, -0.1) is 11.6 Å². The van der Waals surface area contributed by atoms with Crippen molar-refractivity contribution >= 4 is 32.8 Å². The predicted molar refractivity (Wildman–Crippen MR) is 126 cm³/mol. The molecule has 30 heavy (non-hydrogen) atoms. The third-order valence-electron chi connectivity index (χ3n) is 8.81. The number of alkyl halides is 1. The Morgan fingerprint density at radius 2 is 1.87 bits per heavy atom. The van der Waals surface area contributed by atoms with Crippen LogP contribution in [0.25, 0.3) is 0 Å². The minimum Gasteiger partial charge on any atom is -0.413 e. The fourth-order valence-electron chi connectivity index (χ4n) is 5.65. The van der Waals surface area contributed by atoms with E-state index in [1.165, 1.54) is 6.42 Å². The Balaban J connectivity index is 1.60. The first-order chi connectivity index (χ1) is 13.6. The highest BCUT2D eigenvalue weighted by Gasteiger charge is 2.68. The first-order valence-corrected chi connectivity index (χ1v) is 15.1. The van der Waals surface area contributed by atoms with Crippen molar-refractivity contribution in [2.24, 2.45) is 17.3 Å². The molecular weight excluding hydrogens is 415 g/mol. The van der Waals surface area contributed by atoms with Crippen LogP contribution in [0.4, 0.5) is 0 Å². The van der Waals surface area contributed by atoms with Gasteiger partial charge in [0, 0.05) is 6.42 Å². The van der Waals surface area contributed by atoms with Crippen LogP contribution in [0.3, 0.4) is 0 Å². The Hall–Kier alpha value is 0.122. The minimum absolute atomic E-state index is 0.0874. The molecule has 3 aliphatic carbocycles. The van der Waals surface area contributed by atoms with E-state index in [9.17, 15) is 4.79 Å². The highest BCUT2D eigenvalue weighted by Crippen LogP contribution is 2.65. The van der Waals surface area contributed by atoms with Crippen LogP contribution in [0.5, 0.6) is 0 Å². The van der Waals surface area contributed by atoms with Crippen molar-refractivity contribution in [2.45, 2.75) is 122 Å². The third-order valence-corrected chi connectivity index (χ3v) is 13.8. The fourth-order valence-corrected chi connectivity index (χ4v) is 7.28. The first kappa shape index (κ1) is 24.8. The van der Waals surface area contributed by atoms with Gasteiger partial charge in [0.25, 0.3) is 0 Å². The van der Waals surface area contributed by atoms with E-state index >= 15 is 0 Å². The summed E-state index contributed by atoms with van der Waals surface area (Å²) >= 11 is 6.81. The number of Topliss-reactive ketones (excluding diaryl/α,β-unsaturated/α-hetero) is 1. The lowest BCUT2D eigenvalue weighted by Crippen LogP contribution is -2.65. The molecule has 0 unspecified atom stereocenters. The SMILES string of the molecule is CC(=O)C[C@H](CC[C@@H](Cl)B1O[C@@H]2C[C@@H]3C[C@@H](C3(C)C)[C@]2(C)O1)O[Si](C)(C)C(C)(C)C. The quantitative estimate of drug-likeness (QED) is 0.331. The van der Waals surface area contributed by atoms with E-state index in [0.29, 0.717) is 17.8 Å². The van der Waals surface area contributed by atoms with E-state index in [0.717, 1.165) is 25.2 Å². The monoisotopic (exact) mass is 456 g/mol. The molecule has 0 amide bonds. The molecule has 4 rings (SSSR count). The zero-order valence-corrected chi connectivity index (χ0v) is 22.3. The van der Waals surface area contributed by atoms with Gasteiger partial charge in [0.1, 0.15) is 5.78 Å². The number of carbonyl (C=O) groups is 1. The van der Waals surface area contributed by atoms with Crippen LogP contribution in [0.1, 0.15) is 80.6 Å². The molecule has 1 aliphatic heterocycles. The molecule has 6 atom stereocenters. The van der Waals surface area contributed by atoms with Gasteiger partial charge < -0.3 is 13.7 Å². The van der Waals surface area contributed by atoms with Gasteiger partial charge in [-0.2, -0.15) is 0 Å².